The van der Waals surface area contributed by atoms with Crippen molar-refractivity contribution in [3.63, 3.8) is 0 Å². The van der Waals surface area contributed by atoms with E-state index in [2.05, 4.69) is 15.7 Å². The Labute approximate surface area is 111 Å². The maximum absolute atomic E-state index is 12.1. The lowest BCUT2D eigenvalue weighted by Gasteiger charge is -2.17. The van der Waals surface area contributed by atoms with Crippen LogP contribution in [0.3, 0.4) is 0 Å². The van der Waals surface area contributed by atoms with Crippen molar-refractivity contribution in [2.75, 3.05) is 11.9 Å². The molecule has 1 aromatic carbocycles. The lowest BCUT2D eigenvalue weighted by atomic mass is 9.98. The zero-order valence-corrected chi connectivity index (χ0v) is 10.8. The zero-order valence-electron chi connectivity index (χ0n) is 10.8. The van der Waals surface area contributed by atoms with Crippen molar-refractivity contribution >= 4 is 11.7 Å². The van der Waals surface area contributed by atoms with Crippen molar-refractivity contribution in [2.45, 2.75) is 13.0 Å². The zero-order chi connectivity index (χ0) is 13.2. The van der Waals surface area contributed by atoms with Crippen LogP contribution in [0, 0.1) is 0 Å². The molecule has 1 aliphatic rings. The highest BCUT2D eigenvalue weighted by Gasteiger charge is 2.13. The number of amides is 1. The number of rotatable bonds is 2. The smallest absolute Gasteiger partial charge is 0.256 e. The van der Waals surface area contributed by atoms with Gasteiger partial charge in [-0.1, -0.05) is 6.07 Å². The second-order valence-corrected chi connectivity index (χ2v) is 4.74. The van der Waals surface area contributed by atoms with E-state index in [1.165, 1.54) is 11.1 Å². The molecule has 3 rings (SSSR count). The van der Waals surface area contributed by atoms with Crippen LogP contribution < -0.4 is 10.6 Å². The van der Waals surface area contributed by atoms with Gasteiger partial charge >= 0.3 is 0 Å². The fourth-order valence-electron chi connectivity index (χ4n) is 2.29. The van der Waals surface area contributed by atoms with Crippen LogP contribution in [0.5, 0.6) is 0 Å². The molecule has 0 unspecified atom stereocenters. The molecule has 19 heavy (non-hydrogen) atoms. The molecular formula is C14H16N4O. The second kappa shape index (κ2) is 4.85. The lowest BCUT2D eigenvalue weighted by Crippen LogP contribution is -2.24. The van der Waals surface area contributed by atoms with Crippen LogP contribution in [-0.2, 0) is 20.0 Å². The maximum atomic E-state index is 12.1. The van der Waals surface area contributed by atoms with E-state index in [4.69, 9.17) is 0 Å². The third-order valence-electron chi connectivity index (χ3n) is 3.31. The van der Waals surface area contributed by atoms with E-state index >= 15 is 0 Å². The number of fused-ring (bicyclic) bond motifs is 1. The second-order valence-electron chi connectivity index (χ2n) is 4.74. The molecule has 0 atom stereocenters. The van der Waals surface area contributed by atoms with Crippen LogP contribution in [0.2, 0.25) is 0 Å². The van der Waals surface area contributed by atoms with Crippen molar-refractivity contribution in [3.05, 3.63) is 47.2 Å². The monoisotopic (exact) mass is 256 g/mol. The van der Waals surface area contributed by atoms with Gasteiger partial charge in [0, 0.05) is 31.4 Å². The number of hydrogen-bond acceptors (Lipinski definition) is 3. The molecule has 1 aromatic heterocycles. The van der Waals surface area contributed by atoms with Crippen LogP contribution in [0.25, 0.3) is 0 Å². The Balaban J connectivity index is 1.80. The number of aromatic nitrogens is 2. The normalized spacial score (nSPS) is 13.9. The van der Waals surface area contributed by atoms with Gasteiger partial charge in [-0.25, -0.2) is 0 Å². The summed E-state index contributed by atoms with van der Waals surface area (Å²) in [6.45, 7) is 1.84. The Bertz CT molecular complexity index is 618. The Kier molecular flexibility index (Phi) is 3.05. The number of carbonyl (C=O) groups excluding carboxylic acids is 1. The molecule has 0 saturated heterocycles. The van der Waals surface area contributed by atoms with Gasteiger partial charge in [-0.05, 0) is 36.2 Å². The third kappa shape index (κ3) is 2.51. The first kappa shape index (κ1) is 11.9. The summed E-state index contributed by atoms with van der Waals surface area (Å²) >= 11 is 0. The quantitative estimate of drug-likeness (QED) is 0.852. The summed E-state index contributed by atoms with van der Waals surface area (Å²) in [4.78, 5) is 12.1. The average molecular weight is 256 g/mol. The Hall–Kier alpha value is -2.14. The van der Waals surface area contributed by atoms with Gasteiger partial charge in [0.15, 0.2) is 5.82 Å². The summed E-state index contributed by atoms with van der Waals surface area (Å²) in [5.41, 5.74) is 3.21. The van der Waals surface area contributed by atoms with E-state index in [1.54, 1.807) is 16.9 Å². The number of carbonyl (C=O) groups is 1. The molecule has 2 aromatic rings. The standard InChI is InChI=1S/C14H16N4O/c1-18-7-5-13(17-18)16-14(19)11-3-2-10-4-6-15-9-12(10)8-11/h2-3,5,7-8,15H,4,6,9H2,1H3,(H,16,17,19). The van der Waals surface area contributed by atoms with Crippen molar-refractivity contribution in [2.24, 2.45) is 7.05 Å². The number of hydrogen-bond donors (Lipinski definition) is 2. The molecule has 0 bridgehead atoms. The summed E-state index contributed by atoms with van der Waals surface area (Å²) in [5, 5.41) is 10.2. The number of anilines is 1. The molecule has 2 heterocycles. The molecular weight excluding hydrogens is 240 g/mol. The molecule has 1 amide bonds. The number of nitrogens with one attached hydrogen (secondary N) is 2. The van der Waals surface area contributed by atoms with Gasteiger partial charge in [0.2, 0.25) is 0 Å². The van der Waals surface area contributed by atoms with Gasteiger partial charge in [0.05, 0.1) is 0 Å². The summed E-state index contributed by atoms with van der Waals surface area (Å²) in [7, 11) is 1.82. The highest BCUT2D eigenvalue weighted by atomic mass is 16.1. The highest BCUT2D eigenvalue weighted by Crippen LogP contribution is 2.16. The molecule has 0 aliphatic carbocycles. The largest absolute Gasteiger partial charge is 0.312 e. The molecule has 1 aliphatic heterocycles. The molecule has 0 radical (unpaired) electrons. The first-order valence-corrected chi connectivity index (χ1v) is 6.36. The van der Waals surface area contributed by atoms with E-state index < -0.39 is 0 Å². The minimum atomic E-state index is -0.118. The molecule has 0 spiro atoms. The Morgan fingerprint density at radius 2 is 2.26 bits per heavy atom. The van der Waals surface area contributed by atoms with Crippen LogP contribution in [-0.4, -0.2) is 22.2 Å². The first-order chi connectivity index (χ1) is 9.22. The molecule has 2 N–H and O–H groups in total. The van der Waals surface area contributed by atoms with Crippen LogP contribution >= 0.6 is 0 Å². The van der Waals surface area contributed by atoms with Gasteiger partial charge in [-0.3, -0.25) is 9.48 Å². The third-order valence-corrected chi connectivity index (χ3v) is 3.31. The van der Waals surface area contributed by atoms with Gasteiger partial charge in [0.1, 0.15) is 0 Å². The van der Waals surface area contributed by atoms with Crippen molar-refractivity contribution in [3.8, 4) is 0 Å². The molecule has 5 nitrogen and oxygen atoms in total. The summed E-state index contributed by atoms with van der Waals surface area (Å²) in [5.74, 6) is 0.454. The molecule has 5 heteroatoms. The van der Waals surface area contributed by atoms with Crippen molar-refractivity contribution in [1.82, 2.24) is 15.1 Å². The van der Waals surface area contributed by atoms with Crippen LogP contribution in [0.4, 0.5) is 5.82 Å². The highest BCUT2D eigenvalue weighted by molar-refractivity contribution is 6.03. The molecule has 0 fully saturated rings. The summed E-state index contributed by atoms with van der Waals surface area (Å²) < 4.78 is 1.66. The number of benzene rings is 1. The Morgan fingerprint density at radius 3 is 3.05 bits per heavy atom. The number of aryl methyl sites for hydroxylation is 1. The van der Waals surface area contributed by atoms with E-state index in [0.717, 1.165) is 19.5 Å². The van der Waals surface area contributed by atoms with Crippen molar-refractivity contribution in [1.29, 1.82) is 0 Å². The van der Waals surface area contributed by atoms with E-state index in [9.17, 15) is 4.79 Å². The SMILES string of the molecule is Cn1ccc(NC(=O)c2ccc3c(c2)CNCC3)n1. The minimum absolute atomic E-state index is 0.118. The van der Waals surface area contributed by atoms with Crippen molar-refractivity contribution < 1.29 is 4.79 Å². The summed E-state index contributed by atoms with van der Waals surface area (Å²) in [6.07, 6.45) is 2.82. The maximum Gasteiger partial charge on any atom is 0.256 e. The fraction of sp³-hybridized carbons (Fsp3) is 0.286. The minimum Gasteiger partial charge on any atom is -0.312 e. The van der Waals surface area contributed by atoms with Gasteiger partial charge in [-0.15, -0.1) is 0 Å². The average Bonchev–Trinajstić information content (AvgIpc) is 2.83. The van der Waals surface area contributed by atoms with Crippen LogP contribution in [0.15, 0.2) is 30.5 Å². The predicted molar refractivity (Wildman–Crippen MR) is 73.0 cm³/mol. The Morgan fingerprint density at radius 1 is 1.37 bits per heavy atom. The fourth-order valence-corrected chi connectivity index (χ4v) is 2.29. The van der Waals surface area contributed by atoms with E-state index in [-0.39, 0.29) is 5.91 Å². The summed E-state index contributed by atoms with van der Waals surface area (Å²) in [6, 6.07) is 7.66. The lowest BCUT2D eigenvalue weighted by molar-refractivity contribution is 0.102. The first-order valence-electron chi connectivity index (χ1n) is 6.36. The number of nitrogens with zero attached hydrogens (tertiary/aromatic N) is 2. The van der Waals surface area contributed by atoms with Gasteiger partial charge in [0.25, 0.3) is 5.91 Å². The van der Waals surface area contributed by atoms with Gasteiger partial charge in [-0.2, -0.15) is 5.10 Å². The molecule has 98 valence electrons. The van der Waals surface area contributed by atoms with E-state index in [0.29, 0.717) is 11.4 Å². The predicted octanol–water partition coefficient (Wildman–Crippen LogP) is 1.32. The van der Waals surface area contributed by atoms with E-state index in [1.807, 2.05) is 25.2 Å². The molecule has 0 saturated carbocycles. The topological polar surface area (TPSA) is 59.0 Å². The van der Waals surface area contributed by atoms with Crippen LogP contribution in [0.1, 0.15) is 21.5 Å². The van der Waals surface area contributed by atoms with Gasteiger partial charge < -0.3 is 10.6 Å².